The third-order valence-corrected chi connectivity index (χ3v) is 5.21. The van der Waals surface area contributed by atoms with Crippen molar-refractivity contribution in [3.8, 4) is 0 Å². The van der Waals surface area contributed by atoms with E-state index in [9.17, 15) is 4.79 Å². The average molecular weight is 419 g/mol. The number of benzene rings is 2. The van der Waals surface area contributed by atoms with Gasteiger partial charge < -0.3 is 20.3 Å². The summed E-state index contributed by atoms with van der Waals surface area (Å²) in [7, 11) is 0. The molecule has 0 spiro atoms. The molecule has 3 aromatic rings. The summed E-state index contributed by atoms with van der Waals surface area (Å²) >= 11 is 0. The predicted molar refractivity (Wildman–Crippen MR) is 122 cm³/mol. The van der Waals surface area contributed by atoms with E-state index in [0.29, 0.717) is 49.7 Å². The summed E-state index contributed by atoms with van der Waals surface area (Å²) in [5.74, 6) is 1.44. The Morgan fingerprint density at radius 2 is 1.58 bits per heavy atom. The molecule has 2 N–H and O–H groups in total. The monoisotopic (exact) mass is 418 g/mol. The number of Topliss-reactive ketones (excluding diaryl/α,β-unsaturated/α-hetero) is 1. The second-order valence-electron chi connectivity index (χ2n) is 7.57. The summed E-state index contributed by atoms with van der Waals surface area (Å²) in [6.45, 7) is 8.39. The third kappa shape index (κ3) is 5.16. The Kier molecular flexibility index (Phi) is 6.08. The van der Waals surface area contributed by atoms with Crippen LogP contribution in [0.5, 0.6) is 0 Å². The van der Waals surface area contributed by atoms with Gasteiger partial charge in [0.25, 0.3) is 0 Å². The molecule has 1 saturated heterocycles. The number of nitrogens with zero attached hydrogens (tertiary/aromatic N) is 4. The number of carbonyl (C=O) groups excluding carboxylic acids is 1. The van der Waals surface area contributed by atoms with E-state index < -0.39 is 0 Å². The van der Waals surface area contributed by atoms with Gasteiger partial charge in [-0.3, -0.25) is 4.79 Å². The summed E-state index contributed by atoms with van der Waals surface area (Å²) in [5.41, 5.74) is 4.69. The fourth-order valence-electron chi connectivity index (χ4n) is 3.27. The lowest BCUT2D eigenvalue weighted by Crippen LogP contribution is -2.37. The molecule has 0 amide bonds. The van der Waals surface area contributed by atoms with Crippen LogP contribution < -0.4 is 15.5 Å². The lowest BCUT2D eigenvalue weighted by atomic mass is 10.1. The molecule has 8 nitrogen and oxygen atoms in total. The summed E-state index contributed by atoms with van der Waals surface area (Å²) < 4.78 is 5.46. The molecule has 0 radical (unpaired) electrons. The first-order valence-corrected chi connectivity index (χ1v) is 10.3. The average Bonchev–Trinajstić information content (AvgIpc) is 2.77. The summed E-state index contributed by atoms with van der Waals surface area (Å²) in [6, 6.07) is 13.4. The largest absolute Gasteiger partial charge is 0.378 e. The van der Waals surface area contributed by atoms with Gasteiger partial charge in [0, 0.05) is 30.0 Å². The Balaban J connectivity index is 1.66. The molecule has 2 heterocycles. The molecule has 0 atom stereocenters. The molecular weight excluding hydrogens is 392 g/mol. The minimum absolute atomic E-state index is 0.00500. The number of hydrogen-bond donors (Lipinski definition) is 2. The van der Waals surface area contributed by atoms with Gasteiger partial charge in [-0.1, -0.05) is 18.2 Å². The summed E-state index contributed by atoms with van der Waals surface area (Å²) in [4.78, 5) is 27.6. The van der Waals surface area contributed by atoms with Gasteiger partial charge in [-0.2, -0.15) is 15.0 Å². The Morgan fingerprint density at radius 1 is 0.903 bits per heavy atom. The molecule has 8 heteroatoms. The highest BCUT2D eigenvalue weighted by atomic mass is 16.5. The lowest BCUT2D eigenvalue weighted by molar-refractivity contribution is 0.101. The summed E-state index contributed by atoms with van der Waals surface area (Å²) in [5, 5.41) is 6.51. The number of ether oxygens (including phenoxy) is 1. The highest BCUT2D eigenvalue weighted by Crippen LogP contribution is 2.23. The second kappa shape index (κ2) is 9.09. The highest BCUT2D eigenvalue weighted by Gasteiger charge is 2.17. The van der Waals surface area contributed by atoms with Gasteiger partial charge in [-0.05, 0) is 56.2 Å². The topological polar surface area (TPSA) is 92.3 Å². The minimum Gasteiger partial charge on any atom is -0.378 e. The van der Waals surface area contributed by atoms with Crippen LogP contribution >= 0.6 is 0 Å². The van der Waals surface area contributed by atoms with E-state index in [1.165, 1.54) is 11.1 Å². The van der Waals surface area contributed by atoms with E-state index in [-0.39, 0.29) is 5.78 Å². The fraction of sp³-hybridized carbons (Fsp3) is 0.304. The Bertz CT molecular complexity index is 1100. The van der Waals surface area contributed by atoms with Gasteiger partial charge in [0.2, 0.25) is 17.8 Å². The number of aryl methyl sites for hydroxylation is 2. The van der Waals surface area contributed by atoms with Gasteiger partial charge in [0.15, 0.2) is 5.78 Å². The van der Waals surface area contributed by atoms with Gasteiger partial charge in [-0.15, -0.1) is 0 Å². The van der Waals surface area contributed by atoms with Gasteiger partial charge in [0.05, 0.1) is 13.2 Å². The van der Waals surface area contributed by atoms with Crippen LogP contribution in [-0.2, 0) is 4.74 Å². The van der Waals surface area contributed by atoms with Crippen LogP contribution in [0.25, 0.3) is 0 Å². The third-order valence-electron chi connectivity index (χ3n) is 5.21. The van der Waals surface area contributed by atoms with Crippen LogP contribution in [0.15, 0.2) is 42.5 Å². The predicted octanol–water partition coefficient (Wildman–Crippen LogP) is 4.01. The number of carbonyl (C=O) groups is 1. The van der Waals surface area contributed by atoms with Crippen molar-refractivity contribution < 1.29 is 9.53 Å². The molecule has 1 aliphatic heterocycles. The van der Waals surface area contributed by atoms with Crippen LogP contribution in [0.2, 0.25) is 0 Å². The Labute approximate surface area is 181 Å². The smallest absolute Gasteiger partial charge is 0.233 e. The van der Waals surface area contributed by atoms with Crippen molar-refractivity contribution >= 4 is 35.0 Å². The maximum absolute atomic E-state index is 11.7. The Morgan fingerprint density at radius 3 is 2.23 bits per heavy atom. The van der Waals surface area contributed by atoms with E-state index in [0.717, 1.165) is 11.4 Å². The van der Waals surface area contributed by atoms with Crippen LogP contribution in [-0.4, -0.2) is 47.0 Å². The van der Waals surface area contributed by atoms with Crippen LogP contribution in [0.4, 0.5) is 29.2 Å². The van der Waals surface area contributed by atoms with E-state index in [1.54, 1.807) is 19.1 Å². The molecule has 160 valence electrons. The maximum atomic E-state index is 11.7. The number of anilines is 5. The molecular formula is C23H26N6O2. The van der Waals surface area contributed by atoms with Crippen molar-refractivity contribution in [1.82, 2.24) is 15.0 Å². The normalized spacial score (nSPS) is 13.7. The number of nitrogens with one attached hydrogen (secondary N) is 2. The molecule has 0 aliphatic carbocycles. The minimum atomic E-state index is 0.00500. The zero-order valence-corrected chi connectivity index (χ0v) is 18.0. The van der Waals surface area contributed by atoms with Crippen molar-refractivity contribution in [2.75, 3.05) is 41.8 Å². The van der Waals surface area contributed by atoms with Crippen LogP contribution in [0.3, 0.4) is 0 Å². The van der Waals surface area contributed by atoms with Gasteiger partial charge >= 0.3 is 0 Å². The van der Waals surface area contributed by atoms with E-state index >= 15 is 0 Å². The molecule has 4 rings (SSSR count). The Hall–Kier alpha value is -3.52. The van der Waals surface area contributed by atoms with Crippen molar-refractivity contribution in [2.45, 2.75) is 20.8 Å². The number of rotatable bonds is 6. The van der Waals surface area contributed by atoms with E-state index in [4.69, 9.17) is 4.74 Å². The SMILES string of the molecule is CC(=O)c1cccc(Nc2nc(Nc3ccc(C)c(C)c3)nc(N3CCOCC3)n2)c1. The molecule has 1 aliphatic rings. The van der Waals surface area contributed by atoms with E-state index in [1.807, 2.05) is 18.2 Å². The molecule has 31 heavy (non-hydrogen) atoms. The van der Waals surface area contributed by atoms with Crippen LogP contribution in [0, 0.1) is 13.8 Å². The highest BCUT2D eigenvalue weighted by molar-refractivity contribution is 5.95. The first kappa shape index (κ1) is 20.7. The van der Waals surface area contributed by atoms with Crippen molar-refractivity contribution in [3.05, 3.63) is 59.2 Å². The molecule has 0 unspecified atom stereocenters. The first-order valence-electron chi connectivity index (χ1n) is 10.3. The van der Waals surface area contributed by atoms with Gasteiger partial charge in [-0.25, -0.2) is 0 Å². The quantitative estimate of drug-likeness (QED) is 0.580. The molecule has 1 fully saturated rings. The molecule has 0 bridgehead atoms. The molecule has 1 aromatic heterocycles. The maximum Gasteiger partial charge on any atom is 0.233 e. The molecule has 2 aromatic carbocycles. The number of ketones is 1. The first-order chi connectivity index (χ1) is 15.0. The standard InChI is InChI=1S/C23H26N6O2/c1-15-7-8-20(13-16(15)2)25-22-26-21(24-19-6-4-5-18(14-19)17(3)30)27-23(28-22)29-9-11-31-12-10-29/h4-8,13-14H,9-12H2,1-3H3,(H2,24,25,26,27,28). The second-order valence-corrected chi connectivity index (χ2v) is 7.57. The summed E-state index contributed by atoms with van der Waals surface area (Å²) in [6.07, 6.45) is 0. The zero-order valence-electron chi connectivity index (χ0n) is 18.0. The van der Waals surface area contributed by atoms with Crippen LogP contribution in [0.1, 0.15) is 28.4 Å². The van der Waals surface area contributed by atoms with Crippen molar-refractivity contribution in [3.63, 3.8) is 0 Å². The number of hydrogen-bond acceptors (Lipinski definition) is 8. The van der Waals surface area contributed by atoms with Gasteiger partial charge in [0.1, 0.15) is 0 Å². The van der Waals surface area contributed by atoms with Crippen molar-refractivity contribution in [1.29, 1.82) is 0 Å². The number of morpholine rings is 1. The van der Waals surface area contributed by atoms with E-state index in [2.05, 4.69) is 56.5 Å². The van der Waals surface area contributed by atoms with Crippen molar-refractivity contribution in [2.24, 2.45) is 0 Å². The number of aromatic nitrogens is 3. The zero-order chi connectivity index (χ0) is 21.8. The fourth-order valence-corrected chi connectivity index (χ4v) is 3.27. The lowest BCUT2D eigenvalue weighted by Gasteiger charge is -2.27. The molecule has 0 saturated carbocycles.